The van der Waals surface area contributed by atoms with Crippen molar-refractivity contribution in [1.82, 2.24) is 0 Å². The summed E-state index contributed by atoms with van der Waals surface area (Å²) in [5.41, 5.74) is -0.445. The van der Waals surface area contributed by atoms with Gasteiger partial charge in [0.15, 0.2) is 12.4 Å². The van der Waals surface area contributed by atoms with Crippen LogP contribution in [0.1, 0.15) is 20.8 Å². The fourth-order valence-corrected chi connectivity index (χ4v) is 0.835. The van der Waals surface area contributed by atoms with Crippen LogP contribution in [0.2, 0.25) is 0 Å². The number of rotatable bonds is 0. The standard InChI is InChI=1S/C10H14NO2.ClH/c1-10(2,3)13-9(12)11-7-5-4-6-8-11;/h4-8H,1-3H3;1H/q+1;/p-1. The molecule has 0 aliphatic carbocycles. The SMILES string of the molecule is CC(C)(C)OC(=O)[n+]1ccccc1.[Cl-]. The van der Waals surface area contributed by atoms with Gasteiger partial charge in [-0.3, -0.25) is 0 Å². The molecular weight excluding hydrogens is 202 g/mol. The van der Waals surface area contributed by atoms with Crippen molar-refractivity contribution in [3.63, 3.8) is 0 Å². The van der Waals surface area contributed by atoms with Crippen LogP contribution in [-0.4, -0.2) is 11.7 Å². The summed E-state index contributed by atoms with van der Waals surface area (Å²) >= 11 is 0. The number of halogens is 1. The van der Waals surface area contributed by atoms with Crippen molar-refractivity contribution in [2.45, 2.75) is 26.4 Å². The van der Waals surface area contributed by atoms with Crippen LogP contribution in [0.3, 0.4) is 0 Å². The zero-order valence-electron chi connectivity index (χ0n) is 8.53. The van der Waals surface area contributed by atoms with Crippen molar-refractivity contribution in [1.29, 1.82) is 0 Å². The summed E-state index contributed by atoms with van der Waals surface area (Å²) in [6.07, 6.45) is 2.97. The third-order valence-corrected chi connectivity index (χ3v) is 1.32. The van der Waals surface area contributed by atoms with Gasteiger partial charge in [0.2, 0.25) is 0 Å². The molecule has 4 heteroatoms. The molecule has 0 amide bonds. The van der Waals surface area contributed by atoms with Crippen LogP contribution < -0.4 is 17.0 Å². The maximum absolute atomic E-state index is 11.4. The molecule has 78 valence electrons. The van der Waals surface area contributed by atoms with Crippen LogP contribution in [0.15, 0.2) is 30.6 Å². The minimum absolute atomic E-state index is 0. The lowest BCUT2D eigenvalue weighted by atomic mass is 10.2. The predicted molar refractivity (Wildman–Crippen MR) is 48.3 cm³/mol. The van der Waals surface area contributed by atoms with E-state index in [1.165, 1.54) is 4.57 Å². The van der Waals surface area contributed by atoms with Gasteiger partial charge in [-0.25, -0.2) is 0 Å². The molecule has 0 N–H and O–H groups in total. The van der Waals surface area contributed by atoms with Crippen molar-refractivity contribution >= 4 is 6.09 Å². The fourth-order valence-electron chi connectivity index (χ4n) is 0.835. The van der Waals surface area contributed by atoms with E-state index in [-0.39, 0.29) is 18.5 Å². The molecule has 0 aliphatic rings. The summed E-state index contributed by atoms with van der Waals surface area (Å²) in [6.45, 7) is 5.52. The lowest BCUT2D eigenvalue weighted by molar-refractivity contribution is -0.588. The molecule has 14 heavy (non-hydrogen) atoms. The zero-order chi connectivity index (χ0) is 9.90. The smallest absolute Gasteiger partial charge is 0.602 e. The van der Waals surface area contributed by atoms with E-state index < -0.39 is 5.60 Å². The number of aromatic nitrogens is 1. The van der Waals surface area contributed by atoms with Gasteiger partial charge in [-0.15, -0.1) is 0 Å². The van der Waals surface area contributed by atoms with Gasteiger partial charge in [0.25, 0.3) is 0 Å². The molecule has 0 bridgehead atoms. The van der Waals surface area contributed by atoms with Gasteiger partial charge in [0, 0.05) is 12.1 Å². The predicted octanol–water partition coefficient (Wildman–Crippen LogP) is -1.24. The second kappa shape index (κ2) is 4.96. The van der Waals surface area contributed by atoms with Gasteiger partial charge in [0.1, 0.15) is 5.60 Å². The van der Waals surface area contributed by atoms with Crippen LogP contribution in [0.5, 0.6) is 0 Å². The average Bonchev–Trinajstić information content (AvgIpc) is 2.03. The molecule has 0 aromatic carbocycles. The second-order valence-corrected chi connectivity index (χ2v) is 3.76. The molecule has 0 saturated heterocycles. The van der Waals surface area contributed by atoms with Crippen LogP contribution in [0.25, 0.3) is 0 Å². The molecule has 0 spiro atoms. The molecule has 0 fully saturated rings. The molecule has 1 aromatic rings. The monoisotopic (exact) mass is 215 g/mol. The molecule has 0 atom stereocenters. The quantitative estimate of drug-likeness (QED) is 0.507. The van der Waals surface area contributed by atoms with E-state index in [0.29, 0.717) is 0 Å². The first-order chi connectivity index (χ1) is 5.99. The molecule has 3 nitrogen and oxygen atoms in total. The second-order valence-electron chi connectivity index (χ2n) is 3.76. The van der Waals surface area contributed by atoms with Crippen LogP contribution >= 0.6 is 0 Å². The van der Waals surface area contributed by atoms with Crippen molar-refractivity contribution in [3.05, 3.63) is 30.6 Å². The number of hydrogen-bond acceptors (Lipinski definition) is 2. The molecule has 1 rings (SSSR count). The Bertz CT molecular complexity index is 293. The summed E-state index contributed by atoms with van der Waals surface area (Å²) < 4.78 is 6.56. The lowest BCUT2D eigenvalue weighted by Gasteiger charge is -2.15. The summed E-state index contributed by atoms with van der Waals surface area (Å²) in [4.78, 5) is 11.4. The first kappa shape index (κ1) is 12.9. The van der Waals surface area contributed by atoms with Crippen molar-refractivity contribution in [2.24, 2.45) is 0 Å². The van der Waals surface area contributed by atoms with Crippen LogP contribution in [0, 0.1) is 0 Å². The Morgan fingerprint density at radius 2 is 1.64 bits per heavy atom. The van der Waals surface area contributed by atoms with E-state index in [1.54, 1.807) is 24.5 Å². The molecule has 0 saturated carbocycles. The minimum Gasteiger partial charge on any atom is -1.00 e. The lowest BCUT2D eigenvalue weighted by Crippen LogP contribution is -3.00. The van der Waals surface area contributed by atoms with Gasteiger partial charge >= 0.3 is 6.09 Å². The molecule has 1 aromatic heterocycles. The van der Waals surface area contributed by atoms with Crippen LogP contribution in [0.4, 0.5) is 4.79 Å². The Morgan fingerprint density at radius 3 is 2.07 bits per heavy atom. The fraction of sp³-hybridized carbons (Fsp3) is 0.400. The van der Waals surface area contributed by atoms with E-state index in [9.17, 15) is 4.79 Å². The number of carbonyl (C=O) groups is 1. The highest BCUT2D eigenvalue weighted by Gasteiger charge is 2.23. The molecule has 0 radical (unpaired) electrons. The Labute approximate surface area is 90.1 Å². The van der Waals surface area contributed by atoms with Gasteiger partial charge < -0.3 is 17.1 Å². The van der Waals surface area contributed by atoms with Gasteiger partial charge in [0.05, 0.1) is 0 Å². The number of pyridine rings is 1. The van der Waals surface area contributed by atoms with E-state index >= 15 is 0 Å². The highest BCUT2D eigenvalue weighted by Crippen LogP contribution is 2.05. The third kappa shape index (κ3) is 4.23. The molecular formula is C10H14ClNO2. The van der Waals surface area contributed by atoms with Gasteiger partial charge in [-0.1, -0.05) is 10.6 Å². The number of carbonyl (C=O) groups excluding carboxylic acids is 1. The third-order valence-electron chi connectivity index (χ3n) is 1.32. The molecule has 0 unspecified atom stereocenters. The first-order valence-electron chi connectivity index (χ1n) is 4.19. The highest BCUT2D eigenvalue weighted by molar-refractivity contribution is 5.57. The van der Waals surface area contributed by atoms with E-state index in [1.807, 2.05) is 26.8 Å². The topological polar surface area (TPSA) is 30.2 Å². The first-order valence-corrected chi connectivity index (χ1v) is 4.19. The zero-order valence-corrected chi connectivity index (χ0v) is 9.28. The summed E-state index contributed by atoms with van der Waals surface area (Å²) in [5, 5.41) is 0. The van der Waals surface area contributed by atoms with Crippen molar-refractivity contribution < 1.29 is 26.5 Å². The molecule has 1 heterocycles. The van der Waals surface area contributed by atoms with Crippen LogP contribution in [-0.2, 0) is 4.74 Å². The van der Waals surface area contributed by atoms with E-state index in [2.05, 4.69) is 0 Å². The Hall–Kier alpha value is -1.09. The largest absolute Gasteiger partial charge is 1.00 e. The van der Waals surface area contributed by atoms with E-state index in [0.717, 1.165) is 0 Å². The minimum atomic E-state index is -0.445. The number of hydrogen-bond donors (Lipinski definition) is 0. The summed E-state index contributed by atoms with van der Waals surface area (Å²) in [7, 11) is 0. The Balaban J connectivity index is 0.00000169. The maximum atomic E-state index is 11.4. The Kier molecular flexibility index (Phi) is 4.57. The average molecular weight is 216 g/mol. The Morgan fingerprint density at radius 1 is 1.14 bits per heavy atom. The summed E-state index contributed by atoms with van der Waals surface area (Å²) in [5.74, 6) is 0. The van der Waals surface area contributed by atoms with Crippen molar-refractivity contribution in [2.75, 3.05) is 0 Å². The normalized spacial score (nSPS) is 10.2. The number of ether oxygens (including phenoxy) is 1. The highest BCUT2D eigenvalue weighted by atomic mass is 35.5. The van der Waals surface area contributed by atoms with Gasteiger partial charge in [-0.2, -0.15) is 4.79 Å². The summed E-state index contributed by atoms with van der Waals surface area (Å²) in [6, 6.07) is 5.41. The van der Waals surface area contributed by atoms with Gasteiger partial charge in [-0.05, 0) is 20.8 Å². The maximum Gasteiger partial charge on any atom is 0.602 e. The van der Waals surface area contributed by atoms with E-state index in [4.69, 9.17) is 4.74 Å². The van der Waals surface area contributed by atoms with Crippen molar-refractivity contribution in [3.8, 4) is 0 Å². The molecule has 0 aliphatic heterocycles. The number of nitrogens with zero attached hydrogens (tertiary/aromatic N) is 1.